The van der Waals surface area contributed by atoms with E-state index < -0.39 is 0 Å². The second kappa shape index (κ2) is 6.23. The van der Waals surface area contributed by atoms with E-state index in [1.165, 1.54) is 0 Å². The third-order valence-corrected chi connectivity index (χ3v) is 3.68. The van der Waals surface area contributed by atoms with Gasteiger partial charge in [-0.1, -0.05) is 25.1 Å². The van der Waals surface area contributed by atoms with Gasteiger partial charge in [-0.2, -0.15) is 0 Å². The Morgan fingerprint density at radius 3 is 2.75 bits per heavy atom. The maximum absolute atomic E-state index is 6.04. The lowest BCUT2D eigenvalue weighted by atomic mass is 10.0. The van der Waals surface area contributed by atoms with Gasteiger partial charge < -0.3 is 10.1 Å². The van der Waals surface area contributed by atoms with Crippen molar-refractivity contribution in [3.05, 3.63) is 36.5 Å². The quantitative estimate of drug-likeness (QED) is 0.869. The maximum atomic E-state index is 6.04. The number of hydrogen-bond acceptors (Lipinski definition) is 3. The van der Waals surface area contributed by atoms with E-state index in [0.717, 1.165) is 29.6 Å². The molecule has 2 aromatic rings. The molecular weight excluding hydrogens is 248 g/mol. The van der Waals surface area contributed by atoms with Crippen molar-refractivity contribution in [2.75, 3.05) is 6.54 Å². The number of para-hydroxylation sites is 1. The van der Waals surface area contributed by atoms with E-state index in [4.69, 9.17) is 4.74 Å². The Morgan fingerprint density at radius 1 is 1.25 bits per heavy atom. The summed E-state index contributed by atoms with van der Waals surface area (Å²) < 4.78 is 6.04. The van der Waals surface area contributed by atoms with E-state index in [2.05, 4.69) is 50.1 Å². The monoisotopic (exact) mass is 272 g/mol. The molecule has 0 aliphatic carbocycles. The predicted molar refractivity (Wildman–Crippen MR) is 84.2 cm³/mol. The van der Waals surface area contributed by atoms with Gasteiger partial charge in [0, 0.05) is 23.7 Å². The van der Waals surface area contributed by atoms with E-state index in [1.807, 2.05) is 18.2 Å². The molecule has 3 heteroatoms. The molecule has 1 N–H and O–H groups in total. The largest absolute Gasteiger partial charge is 0.487 e. The minimum Gasteiger partial charge on any atom is -0.487 e. The number of benzene rings is 1. The number of nitrogens with one attached hydrogen (secondary N) is 1. The van der Waals surface area contributed by atoms with Crippen LogP contribution in [-0.2, 0) is 0 Å². The first-order valence-corrected chi connectivity index (χ1v) is 7.27. The van der Waals surface area contributed by atoms with Crippen LogP contribution in [0.4, 0.5) is 0 Å². The zero-order valence-electron chi connectivity index (χ0n) is 12.8. The molecule has 0 saturated heterocycles. The second-order valence-corrected chi connectivity index (χ2v) is 5.88. The van der Waals surface area contributed by atoms with Gasteiger partial charge in [-0.3, -0.25) is 4.98 Å². The van der Waals surface area contributed by atoms with Crippen LogP contribution in [0.2, 0.25) is 0 Å². The average Bonchev–Trinajstić information content (AvgIpc) is 2.46. The van der Waals surface area contributed by atoms with Crippen LogP contribution in [0, 0.1) is 0 Å². The molecule has 2 rings (SSSR count). The summed E-state index contributed by atoms with van der Waals surface area (Å²) >= 11 is 0. The Labute approximate surface area is 121 Å². The Morgan fingerprint density at radius 2 is 2.00 bits per heavy atom. The Kier molecular flexibility index (Phi) is 4.61. The zero-order chi connectivity index (χ0) is 14.6. The highest BCUT2D eigenvalue weighted by Gasteiger charge is 2.16. The van der Waals surface area contributed by atoms with Crippen molar-refractivity contribution in [1.82, 2.24) is 10.3 Å². The van der Waals surface area contributed by atoms with Crippen LogP contribution in [0.3, 0.4) is 0 Å². The van der Waals surface area contributed by atoms with E-state index in [1.54, 1.807) is 6.20 Å². The molecule has 0 fully saturated rings. The van der Waals surface area contributed by atoms with E-state index in [-0.39, 0.29) is 11.6 Å². The molecule has 0 spiro atoms. The summed E-state index contributed by atoms with van der Waals surface area (Å²) in [7, 11) is 0. The molecule has 0 aliphatic rings. The molecule has 1 heterocycles. The average molecular weight is 272 g/mol. The molecular formula is C17H24N2O. The Bertz CT molecular complexity index is 560. The van der Waals surface area contributed by atoms with Crippen molar-refractivity contribution in [1.29, 1.82) is 0 Å². The van der Waals surface area contributed by atoms with Crippen LogP contribution in [0.15, 0.2) is 36.5 Å². The first kappa shape index (κ1) is 14.8. The number of pyridine rings is 1. The fraction of sp³-hybridized carbons (Fsp3) is 0.471. The number of aromatic nitrogens is 1. The minimum absolute atomic E-state index is 0.105. The van der Waals surface area contributed by atoms with Gasteiger partial charge >= 0.3 is 0 Å². The highest BCUT2D eigenvalue weighted by molar-refractivity contribution is 5.84. The third-order valence-electron chi connectivity index (χ3n) is 3.68. The first-order chi connectivity index (χ1) is 9.52. The van der Waals surface area contributed by atoms with Crippen LogP contribution in [0.25, 0.3) is 10.9 Å². The molecule has 0 bridgehead atoms. The van der Waals surface area contributed by atoms with Crippen LogP contribution < -0.4 is 10.1 Å². The van der Waals surface area contributed by atoms with Crippen LogP contribution >= 0.6 is 0 Å². The van der Waals surface area contributed by atoms with Gasteiger partial charge in [0.25, 0.3) is 0 Å². The number of nitrogens with zero attached hydrogens (tertiary/aromatic N) is 1. The van der Waals surface area contributed by atoms with Gasteiger partial charge in [0.2, 0.25) is 0 Å². The fourth-order valence-corrected chi connectivity index (χ4v) is 1.97. The Hall–Kier alpha value is -1.61. The first-order valence-electron chi connectivity index (χ1n) is 7.27. The summed E-state index contributed by atoms with van der Waals surface area (Å²) in [6, 6.07) is 10.0. The van der Waals surface area contributed by atoms with Crippen molar-refractivity contribution < 1.29 is 4.74 Å². The molecule has 108 valence electrons. The molecule has 0 aliphatic heterocycles. The molecule has 1 aromatic heterocycles. The fourth-order valence-electron chi connectivity index (χ4n) is 1.97. The lowest BCUT2D eigenvalue weighted by Gasteiger charge is -2.27. The summed E-state index contributed by atoms with van der Waals surface area (Å²) in [5, 5.41) is 4.64. The van der Waals surface area contributed by atoms with Gasteiger partial charge in [-0.15, -0.1) is 0 Å². The number of ether oxygens (including phenoxy) is 1. The lowest BCUT2D eigenvalue weighted by Crippen LogP contribution is -2.43. The van der Waals surface area contributed by atoms with E-state index in [9.17, 15) is 0 Å². The summed E-state index contributed by atoms with van der Waals surface area (Å²) in [6.45, 7) is 9.51. The molecule has 0 saturated carbocycles. The Balaban J connectivity index is 2.05. The van der Waals surface area contributed by atoms with Gasteiger partial charge in [-0.05, 0) is 39.3 Å². The highest BCUT2D eigenvalue weighted by atomic mass is 16.5. The molecule has 1 atom stereocenters. The SMILES string of the molecule is CCC(C)(C)NCC(C)Oc1cccc2cccnc12. The maximum Gasteiger partial charge on any atom is 0.145 e. The molecule has 20 heavy (non-hydrogen) atoms. The van der Waals surface area contributed by atoms with E-state index in [0.29, 0.717) is 0 Å². The van der Waals surface area contributed by atoms with Crippen molar-refractivity contribution in [2.24, 2.45) is 0 Å². The van der Waals surface area contributed by atoms with Gasteiger partial charge in [0.1, 0.15) is 17.4 Å². The summed E-state index contributed by atoms with van der Waals surface area (Å²) in [6.07, 6.45) is 3.00. The van der Waals surface area contributed by atoms with Crippen LogP contribution in [0.1, 0.15) is 34.1 Å². The van der Waals surface area contributed by atoms with Crippen molar-refractivity contribution >= 4 is 10.9 Å². The minimum atomic E-state index is 0.105. The summed E-state index contributed by atoms with van der Waals surface area (Å²) in [5.41, 5.74) is 1.07. The standard InChI is InChI=1S/C17H24N2O/c1-5-17(3,4)19-12-13(2)20-15-10-6-8-14-9-7-11-18-16(14)15/h6-11,13,19H,5,12H2,1-4H3. The molecule has 1 unspecified atom stereocenters. The number of hydrogen-bond donors (Lipinski definition) is 1. The molecule has 1 aromatic carbocycles. The highest BCUT2D eigenvalue weighted by Crippen LogP contribution is 2.23. The van der Waals surface area contributed by atoms with Crippen molar-refractivity contribution in [3.8, 4) is 5.75 Å². The topological polar surface area (TPSA) is 34.1 Å². The normalized spacial score (nSPS) is 13.4. The van der Waals surface area contributed by atoms with Gasteiger partial charge in [0.15, 0.2) is 0 Å². The van der Waals surface area contributed by atoms with Crippen molar-refractivity contribution in [3.63, 3.8) is 0 Å². The predicted octanol–water partition coefficient (Wildman–Crippen LogP) is 3.78. The zero-order valence-corrected chi connectivity index (χ0v) is 12.8. The van der Waals surface area contributed by atoms with E-state index >= 15 is 0 Å². The molecule has 3 nitrogen and oxygen atoms in total. The number of fused-ring (bicyclic) bond motifs is 1. The molecule has 0 radical (unpaired) electrons. The summed E-state index contributed by atoms with van der Waals surface area (Å²) in [4.78, 5) is 4.41. The van der Waals surface area contributed by atoms with Crippen LogP contribution in [-0.4, -0.2) is 23.2 Å². The smallest absolute Gasteiger partial charge is 0.145 e. The lowest BCUT2D eigenvalue weighted by molar-refractivity contribution is 0.201. The van der Waals surface area contributed by atoms with Crippen LogP contribution in [0.5, 0.6) is 5.75 Å². The third kappa shape index (κ3) is 3.70. The summed E-state index contributed by atoms with van der Waals surface area (Å²) in [5.74, 6) is 0.853. The second-order valence-electron chi connectivity index (χ2n) is 5.88. The van der Waals surface area contributed by atoms with Gasteiger partial charge in [0.05, 0.1) is 0 Å². The van der Waals surface area contributed by atoms with Gasteiger partial charge in [-0.25, -0.2) is 0 Å². The number of rotatable bonds is 6. The molecule has 0 amide bonds. The van der Waals surface area contributed by atoms with Crippen molar-refractivity contribution in [2.45, 2.75) is 45.8 Å².